The lowest BCUT2D eigenvalue weighted by molar-refractivity contribution is 0.0635. The van der Waals surface area contributed by atoms with Crippen LogP contribution in [0.25, 0.3) is 0 Å². The fraction of sp³-hybridized carbons (Fsp3) is 0.556. The van der Waals surface area contributed by atoms with Crippen LogP contribution in [0.1, 0.15) is 43.5 Å². The van der Waals surface area contributed by atoms with Gasteiger partial charge in [-0.25, -0.2) is 4.79 Å². The second-order valence-corrected chi connectivity index (χ2v) is 6.00. The topological polar surface area (TPSA) is 70.7 Å². The van der Waals surface area contributed by atoms with Crippen molar-refractivity contribution in [1.29, 1.82) is 0 Å². The molecule has 6 heteroatoms. The Morgan fingerprint density at radius 1 is 1.25 bits per heavy atom. The van der Waals surface area contributed by atoms with E-state index < -0.39 is 0 Å². The highest BCUT2D eigenvalue weighted by Gasteiger charge is 2.23. The summed E-state index contributed by atoms with van der Waals surface area (Å²) in [5, 5.41) is 5.45. The zero-order valence-corrected chi connectivity index (χ0v) is 14.5. The van der Waals surface area contributed by atoms with Crippen molar-refractivity contribution in [3.8, 4) is 0 Å². The van der Waals surface area contributed by atoms with Crippen LogP contribution in [0.3, 0.4) is 0 Å². The number of hydrogen-bond acceptors (Lipinski definition) is 3. The van der Waals surface area contributed by atoms with Gasteiger partial charge in [0.05, 0.1) is 6.61 Å². The SMILES string of the molecule is CCOCCNC(=O)Nc1ccc(C(=O)N2CCCC[C@@H]2C)cc1. The highest BCUT2D eigenvalue weighted by atomic mass is 16.5. The van der Waals surface area contributed by atoms with Crippen molar-refractivity contribution in [2.24, 2.45) is 0 Å². The summed E-state index contributed by atoms with van der Waals surface area (Å²) in [7, 11) is 0. The Bertz CT molecular complexity index is 545. The van der Waals surface area contributed by atoms with Crippen molar-refractivity contribution in [1.82, 2.24) is 10.2 Å². The van der Waals surface area contributed by atoms with Gasteiger partial charge in [0.2, 0.25) is 0 Å². The van der Waals surface area contributed by atoms with Gasteiger partial charge in [-0.1, -0.05) is 0 Å². The Kier molecular flexibility index (Phi) is 7.06. The summed E-state index contributed by atoms with van der Waals surface area (Å²) in [4.78, 5) is 26.2. The highest BCUT2D eigenvalue weighted by molar-refractivity contribution is 5.95. The number of anilines is 1. The molecule has 2 N–H and O–H groups in total. The molecule has 1 heterocycles. The Balaban J connectivity index is 1.86. The smallest absolute Gasteiger partial charge is 0.319 e. The fourth-order valence-electron chi connectivity index (χ4n) is 2.82. The predicted molar refractivity (Wildman–Crippen MR) is 94.3 cm³/mol. The molecule has 0 radical (unpaired) electrons. The molecule has 3 amide bonds. The van der Waals surface area contributed by atoms with Crippen molar-refractivity contribution in [2.75, 3.05) is 31.6 Å². The summed E-state index contributed by atoms with van der Waals surface area (Å²) in [6.45, 7) is 6.41. The molecule has 0 aromatic heterocycles. The number of carbonyl (C=O) groups is 2. The maximum atomic E-state index is 12.6. The number of nitrogens with one attached hydrogen (secondary N) is 2. The molecule has 1 fully saturated rings. The summed E-state index contributed by atoms with van der Waals surface area (Å²) in [6.07, 6.45) is 3.32. The van der Waals surface area contributed by atoms with E-state index in [0.29, 0.717) is 37.1 Å². The van der Waals surface area contributed by atoms with E-state index in [2.05, 4.69) is 17.6 Å². The number of urea groups is 1. The molecule has 1 atom stereocenters. The van der Waals surface area contributed by atoms with Crippen LogP contribution >= 0.6 is 0 Å². The van der Waals surface area contributed by atoms with Crippen LogP contribution in [0.5, 0.6) is 0 Å². The molecule has 0 aliphatic carbocycles. The largest absolute Gasteiger partial charge is 0.380 e. The molecule has 6 nitrogen and oxygen atoms in total. The third kappa shape index (κ3) is 5.23. The van der Waals surface area contributed by atoms with Gasteiger partial charge in [-0.3, -0.25) is 4.79 Å². The Morgan fingerprint density at radius 2 is 2.00 bits per heavy atom. The Labute approximate surface area is 143 Å². The molecule has 132 valence electrons. The third-order valence-corrected chi connectivity index (χ3v) is 4.19. The quantitative estimate of drug-likeness (QED) is 0.787. The maximum absolute atomic E-state index is 12.6. The average Bonchev–Trinajstić information content (AvgIpc) is 2.59. The number of rotatable bonds is 6. The number of carbonyl (C=O) groups excluding carboxylic acids is 2. The first kappa shape index (κ1) is 18.3. The van der Waals surface area contributed by atoms with Crippen LogP contribution in [0.4, 0.5) is 10.5 Å². The van der Waals surface area contributed by atoms with Crippen LogP contribution in [0.15, 0.2) is 24.3 Å². The van der Waals surface area contributed by atoms with Crippen molar-refractivity contribution in [2.45, 2.75) is 39.2 Å². The van der Waals surface area contributed by atoms with Gasteiger partial charge >= 0.3 is 6.03 Å². The predicted octanol–water partition coefficient (Wildman–Crippen LogP) is 2.86. The van der Waals surface area contributed by atoms with E-state index in [1.165, 1.54) is 6.42 Å². The van der Waals surface area contributed by atoms with E-state index in [-0.39, 0.29) is 11.9 Å². The molecule has 1 aromatic carbocycles. The number of ether oxygens (including phenoxy) is 1. The van der Waals surface area contributed by atoms with Gasteiger partial charge in [0.1, 0.15) is 0 Å². The molecule has 1 aromatic rings. The van der Waals surface area contributed by atoms with Crippen LogP contribution in [-0.4, -0.2) is 49.2 Å². The first-order chi connectivity index (χ1) is 11.6. The second-order valence-electron chi connectivity index (χ2n) is 6.00. The zero-order valence-electron chi connectivity index (χ0n) is 14.5. The molecule has 1 aliphatic rings. The van der Waals surface area contributed by atoms with Crippen molar-refractivity contribution in [3.05, 3.63) is 29.8 Å². The van der Waals surface area contributed by atoms with Crippen molar-refractivity contribution < 1.29 is 14.3 Å². The van der Waals surface area contributed by atoms with Gasteiger partial charge in [-0.2, -0.15) is 0 Å². The van der Waals surface area contributed by atoms with Gasteiger partial charge in [0.15, 0.2) is 0 Å². The monoisotopic (exact) mass is 333 g/mol. The van der Waals surface area contributed by atoms with E-state index in [0.717, 1.165) is 19.4 Å². The van der Waals surface area contributed by atoms with Gasteiger partial charge in [0, 0.05) is 37.0 Å². The summed E-state index contributed by atoms with van der Waals surface area (Å²) in [6, 6.07) is 7.05. The summed E-state index contributed by atoms with van der Waals surface area (Å²) in [5.41, 5.74) is 1.32. The molecular weight excluding hydrogens is 306 g/mol. The molecule has 1 saturated heterocycles. The lowest BCUT2D eigenvalue weighted by Crippen LogP contribution is -2.42. The first-order valence-electron chi connectivity index (χ1n) is 8.65. The van der Waals surface area contributed by atoms with E-state index in [1.807, 2.05) is 11.8 Å². The standard InChI is InChI=1S/C18H27N3O3/c1-3-24-13-11-19-18(23)20-16-9-7-15(8-10-16)17(22)21-12-5-4-6-14(21)2/h7-10,14H,3-6,11-13H2,1-2H3,(H2,19,20,23)/t14-/m0/s1. The van der Waals surface area contributed by atoms with E-state index >= 15 is 0 Å². The molecular formula is C18H27N3O3. The van der Waals surface area contributed by atoms with Gasteiger partial charge in [-0.15, -0.1) is 0 Å². The average molecular weight is 333 g/mol. The summed E-state index contributed by atoms with van der Waals surface area (Å²) < 4.78 is 5.16. The normalized spacial score (nSPS) is 17.4. The minimum atomic E-state index is -0.279. The zero-order chi connectivity index (χ0) is 17.4. The summed E-state index contributed by atoms with van der Waals surface area (Å²) >= 11 is 0. The van der Waals surface area contributed by atoms with Gasteiger partial charge in [-0.05, 0) is 57.4 Å². The number of benzene rings is 1. The van der Waals surface area contributed by atoms with E-state index in [9.17, 15) is 9.59 Å². The first-order valence-corrected chi connectivity index (χ1v) is 8.65. The van der Waals surface area contributed by atoms with E-state index in [4.69, 9.17) is 4.74 Å². The van der Waals surface area contributed by atoms with Crippen molar-refractivity contribution in [3.63, 3.8) is 0 Å². The van der Waals surface area contributed by atoms with Crippen LogP contribution in [0.2, 0.25) is 0 Å². The van der Waals surface area contributed by atoms with Crippen molar-refractivity contribution >= 4 is 17.6 Å². The lowest BCUT2D eigenvalue weighted by Gasteiger charge is -2.33. The maximum Gasteiger partial charge on any atom is 0.319 e. The minimum absolute atomic E-state index is 0.0647. The lowest BCUT2D eigenvalue weighted by atomic mass is 10.0. The molecule has 0 unspecified atom stereocenters. The second kappa shape index (κ2) is 9.27. The minimum Gasteiger partial charge on any atom is -0.380 e. The van der Waals surface area contributed by atoms with Crippen LogP contribution in [-0.2, 0) is 4.74 Å². The van der Waals surface area contributed by atoms with Gasteiger partial charge < -0.3 is 20.3 Å². The Morgan fingerprint density at radius 3 is 2.67 bits per heavy atom. The third-order valence-electron chi connectivity index (χ3n) is 4.19. The number of likely N-dealkylation sites (tertiary alicyclic amines) is 1. The molecule has 2 rings (SSSR count). The highest BCUT2D eigenvalue weighted by Crippen LogP contribution is 2.20. The number of hydrogen-bond donors (Lipinski definition) is 2. The molecule has 24 heavy (non-hydrogen) atoms. The number of amides is 3. The summed E-state index contributed by atoms with van der Waals surface area (Å²) in [5.74, 6) is 0.0647. The Hall–Kier alpha value is -2.08. The molecule has 1 aliphatic heterocycles. The van der Waals surface area contributed by atoms with E-state index in [1.54, 1.807) is 24.3 Å². The molecule has 0 bridgehead atoms. The molecule has 0 spiro atoms. The number of piperidine rings is 1. The fourth-order valence-corrected chi connectivity index (χ4v) is 2.82. The number of nitrogens with zero attached hydrogens (tertiary/aromatic N) is 1. The van der Waals surface area contributed by atoms with Crippen LogP contribution in [0, 0.1) is 0 Å². The molecule has 0 saturated carbocycles. The van der Waals surface area contributed by atoms with Gasteiger partial charge in [0.25, 0.3) is 5.91 Å². The van der Waals surface area contributed by atoms with Crippen LogP contribution < -0.4 is 10.6 Å².